The first-order chi connectivity index (χ1) is 7.76. The highest BCUT2D eigenvalue weighted by molar-refractivity contribution is 6.17. The second-order valence-corrected chi connectivity index (χ2v) is 4.74. The standard InChI is InChI=1S/C13H18ClNO/c1-16-10-4-5-11-12(8-10)9(3-2-6-14)7-13(11)15/h4-5,8-9,13H,2-3,6-7,15H2,1H3/t9-,13+/m1/s1. The molecule has 0 unspecified atom stereocenters. The molecule has 1 aromatic carbocycles. The van der Waals surface area contributed by atoms with Crippen LogP contribution in [0.2, 0.25) is 0 Å². The van der Waals surface area contributed by atoms with E-state index < -0.39 is 0 Å². The minimum absolute atomic E-state index is 0.182. The Kier molecular flexibility index (Phi) is 3.72. The summed E-state index contributed by atoms with van der Waals surface area (Å²) in [7, 11) is 1.70. The van der Waals surface area contributed by atoms with Crippen molar-refractivity contribution in [3.63, 3.8) is 0 Å². The zero-order chi connectivity index (χ0) is 11.5. The van der Waals surface area contributed by atoms with Crippen molar-refractivity contribution in [3.8, 4) is 5.75 Å². The van der Waals surface area contributed by atoms with E-state index in [1.54, 1.807) is 7.11 Å². The Morgan fingerprint density at radius 1 is 1.44 bits per heavy atom. The largest absolute Gasteiger partial charge is 0.497 e. The lowest BCUT2D eigenvalue weighted by atomic mass is 9.96. The summed E-state index contributed by atoms with van der Waals surface area (Å²) in [6.45, 7) is 0. The van der Waals surface area contributed by atoms with Crippen molar-refractivity contribution in [1.82, 2.24) is 0 Å². The molecule has 2 atom stereocenters. The summed E-state index contributed by atoms with van der Waals surface area (Å²) in [5, 5.41) is 0. The lowest BCUT2D eigenvalue weighted by molar-refractivity contribution is 0.414. The molecule has 3 heteroatoms. The molecule has 0 heterocycles. The molecular formula is C13H18ClNO. The van der Waals surface area contributed by atoms with Crippen LogP contribution in [0.25, 0.3) is 0 Å². The molecule has 0 aliphatic heterocycles. The number of hydrogen-bond donors (Lipinski definition) is 1. The van der Waals surface area contributed by atoms with E-state index in [1.165, 1.54) is 11.1 Å². The average molecular weight is 240 g/mol. The third kappa shape index (κ3) is 2.18. The summed E-state index contributed by atoms with van der Waals surface area (Å²) in [6, 6.07) is 6.39. The number of hydrogen-bond acceptors (Lipinski definition) is 2. The molecule has 0 amide bonds. The van der Waals surface area contributed by atoms with Gasteiger partial charge in [0.15, 0.2) is 0 Å². The van der Waals surface area contributed by atoms with Crippen molar-refractivity contribution in [2.24, 2.45) is 5.73 Å². The van der Waals surface area contributed by atoms with E-state index >= 15 is 0 Å². The molecule has 2 nitrogen and oxygen atoms in total. The van der Waals surface area contributed by atoms with Gasteiger partial charge in [0.25, 0.3) is 0 Å². The fourth-order valence-corrected chi connectivity index (χ4v) is 2.68. The summed E-state index contributed by atoms with van der Waals surface area (Å²) >= 11 is 5.75. The number of fused-ring (bicyclic) bond motifs is 1. The molecule has 0 aromatic heterocycles. The molecule has 88 valence electrons. The van der Waals surface area contributed by atoms with Crippen molar-refractivity contribution >= 4 is 11.6 Å². The van der Waals surface area contributed by atoms with Gasteiger partial charge in [-0.05, 0) is 48.4 Å². The Morgan fingerprint density at radius 3 is 2.94 bits per heavy atom. The Balaban J connectivity index is 2.23. The molecule has 1 aromatic rings. The van der Waals surface area contributed by atoms with Crippen LogP contribution in [0.3, 0.4) is 0 Å². The van der Waals surface area contributed by atoms with Crippen LogP contribution in [0, 0.1) is 0 Å². The van der Waals surface area contributed by atoms with Gasteiger partial charge in [0.2, 0.25) is 0 Å². The van der Waals surface area contributed by atoms with Gasteiger partial charge >= 0.3 is 0 Å². The van der Waals surface area contributed by atoms with Gasteiger partial charge in [0, 0.05) is 11.9 Å². The normalized spacial score (nSPS) is 23.2. The fraction of sp³-hybridized carbons (Fsp3) is 0.538. The predicted molar refractivity (Wildman–Crippen MR) is 67.2 cm³/mol. The van der Waals surface area contributed by atoms with Crippen molar-refractivity contribution in [3.05, 3.63) is 29.3 Å². The molecule has 0 bridgehead atoms. The molecule has 16 heavy (non-hydrogen) atoms. The van der Waals surface area contributed by atoms with Crippen LogP contribution < -0.4 is 10.5 Å². The zero-order valence-corrected chi connectivity index (χ0v) is 10.3. The summed E-state index contributed by atoms with van der Waals surface area (Å²) in [5.74, 6) is 2.20. The van der Waals surface area contributed by atoms with Crippen LogP contribution in [0.5, 0.6) is 5.75 Å². The van der Waals surface area contributed by atoms with Crippen molar-refractivity contribution in [2.75, 3.05) is 13.0 Å². The SMILES string of the molecule is COc1ccc2c(c1)[C@H](CCCCl)C[C@@H]2N. The molecule has 0 fully saturated rings. The predicted octanol–water partition coefficient (Wildman–Crippen LogP) is 3.20. The molecule has 0 saturated heterocycles. The quantitative estimate of drug-likeness (QED) is 0.819. The van der Waals surface area contributed by atoms with Crippen molar-refractivity contribution in [1.29, 1.82) is 0 Å². The Morgan fingerprint density at radius 2 is 2.25 bits per heavy atom. The molecule has 1 aliphatic rings. The highest BCUT2D eigenvalue weighted by Crippen LogP contribution is 2.42. The number of ether oxygens (including phenoxy) is 1. The molecule has 0 spiro atoms. The van der Waals surface area contributed by atoms with Gasteiger partial charge in [-0.15, -0.1) is 11.6 Å². The molecule has 0 saturated carbocycles. The molecule has 2 N–H and O–H groups in total. The topological polar surface area (TPSA) is 35.2 Å². The van der Waals surface area contributed by atoms with E-state index in [4.69, 9.17) is 22.1 Å². The second kappa shape index (κ2) is 5.07. The van der Waals surface area contributed by atoms with Crippen LogP contribution in [-0.2, 0) is 0 Å². The smallest absolute Gasteiger partial charge is 0.119 e. The Bertz CT molecular complexity index is 367. The number of nitrogens with two attached hydrogens (primary N) is 1. The van der Waals surface area contributed by atoms with Crippen LogP contribution in [0.4, 0.5) is 0 Å². The van der Waals surface area contributed by atoms with E-state index in [0.717, 1.165) is 30.9 Å². The number of benzene rings is 1. The first-order valence-electron chi connectivity index (χ1n) is 5.75. The van der Waals surface area contributed by atoms with E-state index in [1.807, 2.05) is 6.07 Å². The van der Waals surface area contributed by atoms with Gasteiger partial charge in [-0.3, -0.25) is 0 Å². The third-order valence-electron chi connectivity index (χ3n) is 3.36. The van der Waals surface area contributed by atoms with Gasteiger partial charge < -0.3 is 10.5 Å². The van der Waals surface area contributed by atoms with E-state index in [0.29, 0.717) is 5.92 Å². The molecule has 0 radical (unpaired) electrons. The fourth-order valence-electron chi connectivity index (χ4n) is 2.53. The maximum absolute atomic E-state index is 6.13. The second-order valence-electron chi connectivity index (χ2n) is 4.37. The molecule has 2 rings (SSSR count). The maximum Gasteiger partial charge on any atom is 0.119 e. The van der Waals surface area contributed by atoms with Gasteiger partial charge in [0.1, 0.15) is 5.75 Å². The third-order valence-corrected chi connectivity index (χ3v) is 3.63. The van der Waals surface area contributed by atoms with Crippen LogP contribution in [0.1, 0.15) is 42.3 Å². The van der Waals surface area contributed by atoms with E-state index in [-0.39, 0.29) is 6.04 Å². The van der Waals surface area contributed by atoms with Crippen molar-refractivity contribution < 1.29 is 4.74 Å². The molecule has 1 aliphatic carbocycles. The Hall–Kier alpha value is -0.730. The summed E-state index contributed by atoms with van der Waals surface area (Å²) in [4.78, 5) is 0. The minimum atomic E-state index is 0.182. The monoisotopic (exact) mass is 239 g/mol. The first-order valence-corrected chi connectivity index (χ1v) is 6.29. The molecular weight excluding hydrogens is 222 g/mol. The number of halogens is 1. The van der Waals surface area contributed by atoms with Crippen LogP contribution in [0.15, 0.2) is 18.2 Å². The van der Waals surface area contributed by atoms with E-state index in [9.17, 15) is 0 Å². The van der Waals surface area contributed by atoms with E-state index in [2.05, 4.69) is 12.1 Å². The highest BCUT2D eigenvalue weighted by atomic mass is 35.5. The van der Waals surface area contributed by atoms with Crippen LogP contribution >= 0.6 is 11.6 Å². The van der Waals surface area contributed by atoms with Crippen molar-refractivity contribution in [2.45, 2.75) is 31.2 Å². The minimum Gasteiger partial charge on any atom is -0.497 e. The number of methoxy groups -OCH3 is 1. The summed E-state index contributed by atoms with van der Waals surface area (Å²) in [6.07, 6.45) is 3.21. The van der Waals surface area contributed by atoms with Gasteiger partial charge in [0.05, 0.1) is 7.11 Å². The summed E-state index contributed by atoms with van der Waals surface area (Å²) < 4.78 is 5.26. The average Bonchev–Trinajstić information content (AvgIpc) is 2.63. The van der Waals surface area contributed by atoms with Crippen LogP contribution in [-0.4, -0.2) is 13.0 Å². The zero-order valence-electron chi connectivity index (χ0n) is 9.58. The van der Waals surface area contributed by atoms with Gasteiger partial charge in [-0.25, -0.2) is 0 Å². The summed E-state index contributed by atoms with van der Waals surface area (Å²) in [5.41, 5.74) is 8.76. The maximum atomic E-state index is 6.13. The Labute approximate surface area is 102 Å². The van der Waals surface area contributed by atoms with Gasteiger partial charge in [-0.1, -0.05) is 6.07 Å². The lowest BCUT2D eigenvalue weighted by Crippen LogP contribution is -2.05. The van der Waals surface area contributed by atoms with Gasteiger partial charge in [-0.2, -0.15) is 0 Å². The highest BCUT2D eigenvalue weighted by Gasteiger charge is 2.28. The first kappa shape index (κ1) is 11.7. The lowest BCUT2D eigenvalue weighted by Gasteiger charge is -2.11. The number of rotatable bonds is 4. The number of alkyl halides is 1.